The number of benzene rings is 1. The zero-order chi connectivity index (χ0) is 9.42. The monoisotopic (exact) mass is 192 g/mol. The van der Waals surface area contributed by atoms with Crippen molar-refractivity contribution in [3.8, 4) is 5.06 Å². The summed E-state index contributed by atoms with van der Waals surface area (Å²) in [5.74, 6) is 0. The van der Waals surface area contributed by atoms with Crippen LogP contribution in [-0.4, -0.2) is 5.11 Å². The molecule has 1 heterocycles. The van der Waals surface area contributed by atoms with Crippen LogP contribution < -0.4 is 5.43 Å². The third-order valence-electron chi connectivity index (χ3n) is 1.87. The maximum atomic E-state index is 11.4. The lowest BCUT2D eigenvalue weighted by Gasteiger charge is -1.97. The van der Waals surface area contributed by atoms with E-state index in [-0.39, 0.29) is 10.5 Å². The van der Waals surface area contributed by atoms with Crippen LogP contribution in [0.4, 0.5) is 0 Å². The fourth-order valence-electron chi connectivity index (χ4n) is 1.25. The molecule has 1 N–H and O–H groups in total. The van der Waals surface area contributed by atoms with E-state index in [1.807, 2.05) is 19.1 Å². The first-order chi connectivity index (χ1) is 6.16. The highest BCUT2D eigenvalue weighted by atomic mass is 32.1. The molecule has 1 aromatic heterocycles. The second-order valence-corrected chi connectivity index (χ2v) is 4.01. The topological polar surface area (TPSA) is 37.3 Å². The molecule has 0 radical (unpaired) electrons. The average Bonchev–Trinajstić information content (AvgIpc) is 2.02. The van der Waals surface area contributed by atoms with Crippen LogP contribution in [0.2, 0.25) is 0 Å². The van der Waals surface area contributed by atoms with Crippen LogP contribution in [0.15, 0.2) is 29.1 Å². The molecule has 0 atom stereocenters. The predicted octanol–water partition coefficient (Wildman–Crippen LogP) is 2.28. The van der Waals surface area contributed by atoms with Crippen LogP contribution in [0, 0.1) is 6.92 Å². The van der Waals surface area contributed by atoms with Gasteiger partial charge >= 0.3 is 0 Å². The third kappa shape index (κ3) is 1.42. The average molecular weight is 192 g/mol. The lowest BCUT2D eigenvalue weighted by Crippen LogP contribution is -1.96. The van der Waals surface area contributed by atoms with Gasteiger partial charge in [0.1, 0.15) is 0 Å². The van der Waals surface area contributed by atoms with Gasteiger partial charge in [-0.15, -0.1) is 0 Å². The Labute approximate surface area is 79.1 Å². The Morgan fingerprint density at radius 2 is 2.08 bits per heavy atom. The molecule has 3 heteroatoms. The van der Waals surface area contributed by atoms with Crippen molar-refractivity contribution in [3.63, 3.8) is 0 Å². The molecule has 2 nitrogen and oxygen atoms in total. The SMILES string of the molecule is Cc1ccc2c(=O)cc(O)sc2c1. The van der Waals surface area contributed by atoms with Crippen molar-refractivity contribution in [1.82, 2.24) is 0 Å². The van der Waals surface area contributed by atoms with E-state index in [0.29, 0.717) is 5.39 Å². The summed E-state index contributed by atoms with van der Waals surface area (Å²) in [7, 11) is 0. The minimum Gasteiger partial charge on any atom is -0.499 e. The summed E-state index contributed by atoms with van der Waals surface area (Å²) in [6, 6.07) is 6.85. The van der Waals surface area contributed by atoms with E-state index < -0.39 is 0 Å². The maximum Gasteiger partial charge on any atom is 0.191 e. The maximum absolute atomic E-state index is 11.4. The molecule has 66 valence electrons. The summed E-state index contributed by atoms with van der Waals surface area (Å²) < 4.78 is 0.838. The van der Waals surface area contributed by atoms with Gasteiger partial charge in [-0.1, -0.05) is 17.4 Å². The minimum atomic E-state index is -0.119. The van der Waals surface area contributed by atoms with Gasteiger partial charge in [-0.2, -0.15) is 0 Å². The van der Waals surface area contributed by atoms with Crippen molar-refractivity contribution in [2.75, 3.05) is 0 Å². The fraction of sp³-hybridized carbons (Fsp3) is 0.100. The molecule has 0 fully saturated rings. The quantitative estimate of drug-likeness (QED) is 0.695. The van der Waals surface area contributed by atoms with Crippen molar-refractivity contribution >= 4 is 21.4 Å². The number of fused-ring (bicyclic) bond motifs is 1. The molecule has 2 aromatic rings. The van der Waals surface area contributed by atoms with E-state index in [9.17, 15) is 9.90 Å². The van der Waals surface area contributed by atoms with Gasteiger partial charge in [0.05, 0.1) is 0 Å². The summed E-state index contributed by atoms with van der Waals surface area (Å²) in [6.07, 6.45) is 0. The molecule has 0 amide bonds. The standard InChI is InChI=1S/C10H8O2S/c1-6-2-3-7-8(11)5-10(12)13-9(7)4-6/h2-5,12H,1H3. The summed E-state index contributed by atoms with van der Waals surface area (Å²) in [5.41, 5.74) is 0.972. The summed E-state index contributed by atoms with van der Waals surface area (Å²) in [5, 5.41) is 9.97. The third-order valence-corrected chi connectivity index (χ3v) is 2.76. The summed E-state index contributed by atoms with van der Waals surface area (Å²) >= 11 is 1.23. The highest BCUT2D eigenvalue weighted by molar-refractivity contribution is 7.19. The van der Waals surface area contributed by atoms with Gasteiger partial charge in [-0.3, -0.25) is 4.79 Å². The zero-order valence-corrected chi connectivity index (χ0v) is 7.89. The molecule has 0 spiro atoms. The van der Waals surface area contributed by atoms with E-state index in [0.717, 1.165) is 10.3 Å². The smallest absolute Gasteiger partial charge is 0.191 e. The minimum absolute atomic E-state index is 0.0723. The highest BCUT2D eigenvalue weighted by Crippen LogP contribution is 2.23. The largest absolute Gasteiger partial charge is 0.499 e. The molecule has 0 saturated carbocycles. The van der Waals surface area contributed by atoms with Crippen LogP contribution in [-0.2, 0) is 0 Å². The number of hydrogen-bond acceptors (Lipinski definition) is 3. The highest BCUT2D eigenvalue weighted by Gasteiger charge is 2.01. The number of aromatic hydroxyl groups is 1. The van der Waals surface area contributed by atoms with Crippen molar-refractivity contribution in [2.24, 2.45) is 0 Å². The molecular weight excluding hydrogens is 184 g/mol. The first-order valence-electron chi connectivity index (χ1n) is 3.90. The Hall–Kier alpha value is -1.35. The van der Waals surface area contributed by atoms with E-state index in [4.69, 9.17) is 0 Å². The van der Waals surface area contributed by atoms with Gasteiger partial charge in [0.15, 0.2) is 10.5 Å². The van der Waals surface area contributed by atoms with E-state index in [1.54, 1.807) is 6.07 Å². The molecule has 13 heavy (non-hydrogen) atoms. The van der Waals surface area contributed by atoms with Crippen molar-refractivity contribution < 1.29 is 5.11 Å². The van der Waals surface area contributed by atoms with Gasteiger partial charge in [0.25, 0.3) is 0 Å². The van der Waals surface area contributed by atoms with Gasteiger partial charge in [0.2, 0.25) is 0 Å². The van der Waals surface area contributed by atoms with E-state index >= 15 is 0 Å². The summed E-state index contributed by atoms with van der Waals surface area (Å²) in [6.45, 7) is 1.96. The molecular formula is C10H8O2S. The fourth-order valence-corrected chi connectivity index (χ4v) is 2.16. The van der Waals surface area contributed by atoms with Gasteiger partial charge in [-0.05, 0) is 24.6 Å². The number of hydrogen-bond donors (Lipinski definition) is 1. The molecule has 0 saturated heterocycles. The lowest BCUT2D eigenvalue weighted by atomic mass is 10.2. The normalized spacial score (nSPS) is 10.5. The van der Waals surface area contributed by atoms with Crippen LogP contribution in [0.5, 0.6) is 5.06 Å². The molecule has 2 rings (SSSR count). The predicted molar refractivity (Wildman–Crippen MR) is 54.5 cm³/mol. The molecule has 0 bridgehead atoms. The molecule has 0 aliphatic rings. The molecule has 0 unspecified atom stereocenters. The Morgan fingerprint density at radius 1 is 1.31 bits per heavy atom. The van der Waals surface area contributed by atoms with E-state index in [2.05, 4.69) is 0 Å². The second-order valence-electron chi connectivity index (χ2n) is 2.95. The zero-order valence-electron chi connectivity index (χ0n) is 7.07. The van der Waals surface area contributed by atoms with Crippen LogP contribution >= 0.6 is 11.3 Å². The van der Waals surface area contributed by atoms with Crippen molar-refractivity contribution in [2.45, 2.75) is 6.92 Å². The van der Waals surface area contributed by atoms with Crippen LogP contribution in [0.3, 0.4) is 0 Å². The number of rotatable bonds is 0. The second kappa shape index (κ2) is 2.85. The van der Waals surface area contributed by atoms with Crippen LogP contribution in [0.1, 0.15) is 5.56 Å². The lowest BCUT2D eigenvalue weighted by molar-refractivity contribution is 0.490. The first-order valence-corrected chi connectivity index (χ1v) is 4.72. The molecule has 1 aromatic carbocycles. The molecule has 0 aliphatic carbocycles. The number of aryl methyl sites for hydroxylation is 1. The first kappa shape index (κ1) is 8.26. The summed E-state index contributed by atoms with van der Waals surface area (Å²) in [4.78, 5) is 11.4. The Morgan fingerprint density at radius 3 is 2.85 bits per heavy atom. The van der Waals surface area contributed by atoms with E-state index in [1.165, 1.54) is 17.4 Å². The van der Waals surface area contributed by atoms with Gasteiger partial charge in [-0.25, -0.2) is 0 Å². The molecule has 0 aliphatic heterocycles. The van der Waals surface area contributed by atoms with Gasteiger partial charge in [0, 0.05) is 16.2 Å². The van der Waals surface area contributed by atoms with Crippen LogP contribution in [0.25, 0.3) is 10.1 Å². The Balaban J connectivity index is 2.95. The van der Waals surface area contributed by atoms with Crippen molar-refractivity contribution in [1.29, 1.82) is 0 Å². The van der Waals surface area contributed by atoms with Crippen molar-refractivity contribution in [3.05, 3.63) is 40.1 Å². The Bertz CT molecular complexity index is 509. The Kier molecular flexibility index (Phi) is 1.81. The van der Waals surface area contributed by atoms with Gasteiger partial charge < -0.3 is 5.11 Å².